The molecule has 5 rings (SSSR count). The van der Waals surface area contributed by atoms with Crippen LogP contribution in [0.2, 0.25) is 0 Å². The topological polar surface area (TPSA) is 53.6 Å². The molecule has 1 aromatic heterocycles. The maximum Gasteiger partial charge on any atom is 0.488 e. The Morgan fingerprint density at radius 3 is 1.96 bits per heavy atom. The average molecular weight is 364 g/mol. The molecule has 4 heteroatoms. The molecule has 134 valence electrons. The van der Waals surface area contributed by atoms with Crippen LogP contribution in [-0.4, -0.2) is 17.2 Å². The van der Waals surface area contributed by atoms with E-state index in [1.807, 2.05) is 42.5 Å². The third-order valence-electron chi connectivity index (χ3n) is 5.09. The summed E-state index contributed by atoms with van der Waals surface area (Å²) in [4.78, 5) is 0. The van der Waals surface area contributed by atoms with Crippen molar-refractivity contribution < 1.29 is 14.5 Å². The number of para-hydroxylation sites is 1. The van der Waals surface area contributed by atoms with Gasteiger partial charge in [-0.05, 0) is 52.0 Å². The number of furan rings is 1. The van der Waals surface area contributed by atoms with E-state index in [2.05, 4.69) is 36.4 Å². The molecule has 0 fully saturated rings. The molecule has 0 radical (unpaired) electrons. The maximum atomic E-state index is 9.43. The number of rotatable bonds is 3. The Labute approximate surface area is 162 Å². The van der Waals surface area contributed by atoms with Crippen LogP contribution in [0.5, 0.6) is 0 Å². The van der Waals surface area contributed by atoms with Crippen molar-refractivity contribution in [3.05, 3.63) is 91.0 Å². The standard InChI is InChI=1S/C24H17BO3/c26-25(27)20-8-4-7-18(14-20)16-5-3-6-17(13-16)19-11-12-22-21-9-1-2-10-23(21)28-24(22)15-19/h1-15,26-27H. The van der Waals surface area contributed by atoms with Gasteiger partial charge in [0.2, 0.25) is 0 Å². The van der Waals surface area contributed by atoms with Crippen LogP contribution < -0.4 is 5.46 Å². The third-order valence-corrected chi connectivity index (χ3v) is 5.09. The fourth-order valence-electron chi connectivity index (χ4n) is 3.66. The summed E-state index contributed by atoms with van der Waals surface area (Å²) in [5, 5.41) is 21.1. The fraction of sp³-hybridized carbons (Fsp3) is 0. The summed E-state index contributed by atoms with van der Waals surface area (Å²) in [6.07, 6.45) is 0. The van der Waals surface area contributed by atoms with Crippen molar-refractivity contribution in [1.82, 2.24) is 0 Å². The molecule has 0 bridgehead atoms. The van der Waals surface area contributed by atoms with Crippen molar-refractivity contribution in [2.75, 3.05) is 0 Å². The van der Waals surface area contributed by atoms with Crippen LogP contribution in [0, 0.1) is 0 Å². The van der Waals surface area contributed by atoms with Gasteiger partial charge in [0.15, 0.2) is 0 Å². The van der Waals surface area contributed by atoms with Crippen LogP contribution in [0.4, 0.5) is 0 Å². The van der Waals surface area contributed by atoms with Gasteiger partial charge in [0, 0.05) is 10.8 Å². The molecule has 28 heavy (non-hydrogen) atoms. The van der Waals surface area contributed by atoms with Crippen molar-refractivity contribution in [3.63, 3.8) is 0 Å². The Morgan fingerprint density at radius 2 is 1.18 bits per heavy atom. The Balaban J connectivity index is 1.59. The first kappa shape index (κ1) is 16.8. The Kier molecular flexibility index (Phi) is 4.01. The zero-order valence-electron chi connectivity index (χ0n) is 15.0. The lowest BCUT2D eigenvalue weighted by atomic mass is 9.79. The van der Waals surface area contributed by atoms with Gasteiger partial charge in [-0.2, -0.15) is 0 Å². The minimum atomic E-state index is -1.47. The molecule has 0 atom stereocenters. The summed E-state index contributed by atoms with van der Waals surface area (Å²) in [5.74, 6) is 0. The van der Waals surface area contributed by atoms with Gasteiger partial charge in [-0.15, -0.1) is 0 Å². The van der Waals surface area contributed by atoms with Crippen molar-refractivity contribution in [2.24, 2.45) is 0 Å². The predicted molar refractivity (Wildman–Crippen MR) is 114 cm³/mol. The van der Waals surface area contributed by atoms with E-state index in [-0.39, 0.29) is 0 Å². The summed E-state index contributed by atoms with van der Waals surface area (Å²) < 4.78 is 6.02. The lowest BCUT2D eigenvalue weighted by molar-refractivity contribution is 0.426. The zero-order valence-corrected chi connectivity index (χ0v) is 15.0. The van der Waals surface area contributed by atoms with Crippen molar-refractivity contribution in [1.29, 1.82) is 0 Å². The molecule has 0 saturated carbocycles. The highest BCUT2D eigenvalue weighted by molar-refractivity contribution is 6.58. The van der Waals surface area contributed by atoms with E-state index < -0.39 is 7.12 Å². The van der Waals surface area contributed by atoms with Gasteiger partial charge in [0.05, 0.1) is 0 Å². The number of fused-ring (bicyclic) bond motifs is 3. The predicted octanol–water partition coefficient (Wildman–Crippen LogP) is 4.60. The van der Waals surface area contributed by atoms with Crippen molar-refractivity contribution in [2.45, 2.75) is 0 Å². The van der Waals surface area contributed by atoms with Crippen LogP contribution >= 0.6 is 0 Å². The molecule has 0 spiro atoms. The molecular weight excluding hydrogens is 347 g/mol. The van der Waals surface area contributed by atoms with Crippen LogP contribution in [0.25, 0.3) is 44.2 Å². The Morgan fingerprint density at radius 1 is 0.536 bits per heavy atom. The molecule has 2 N–H and O–H groups in total. The molecule has 0 saturated heterocycles. The first-order valence-electron chi connectivity index (χ1n) is 9.17. The largest absolute Gasteiger partial charge is 0.488 e. The highest BCUT2D eigenvalue weighted by atomic mass is 16.4. The van der Waals surface area contributed by atoms with E-state index in [9.17, 15) is 10.0 Å². The third kappa shape index (κ3) is 2.89. The summed E-state index contributed by atoms with van der Waals surface area (Å²) in [6, 6.07) is 29.8. The van der Waals surface area contributed by atoms with E-state index in [1.165, 1.54) is 0 Å². The Hall–Kier alpha value is -3.34. The van der Waals surface area contributed by atoms with E-state index in [1.54, 1.807) is 12.1 Å². The van der Waals surface area contributed by atoms with E-state index in [0.717, 1.165) is 44.2 Å². The van der Waals surface area contributed by atoms with Gasteiger partial charge in [-0.1, -0.05) is 66.7 Å². The van der Waals surface area contributed by atoms with E-state index in [4.69, 9.17) is 4.42 Å². The Bertz CT molecular complexity index is 1300. The molecule has 0 aliphatic carbocycles. The summed E-state index contributed by atoms with van der Waals surface area (Å²) >= 11 is 0. The first-order valence-corrected chi connectivity index (χ1v) is 9.17. The fourth-order valence-corrected chi connectivity index (χ4v) is 3.66. The summed E-state index contributed by atoms with van der Waals surface area (Å²) in [6.45, 7) is 0. The zero-order chi connectivity index (χ0) is 19.1. The lowest BCUT2D eigenvalue weighted by Gasteiger charge is -2.08. The second-order valence-corrected chi connectivity index (χ2v) is 6.89. The number of hydrogen-bond acceptors (Lipinski definition) is 3. The summed E-state index contributed by atoms with van der Waals surface area (Å²) in [5.41, 5.74) is 6.35. The minimum absolute atomic E-state index is 0.478. The van der Waals surface area contributed by atoms with Crippen LogP contribution in [-0.2, 0) is 0 Å². The molecule has 3 nitrogen and oxygen atoms in total. The van der Waals surface area contributed by atoms with Crippen LogP contribution in [0.15, 0.2) is 95.4 Å². The SMILES string of the molecule is OB(O)c1cccc(-c2cccc(-c3ccc4c(c3)oc3ccccc34)c2)c1. The van der Waals surface area contributed by atoms with E-state index >= 15 is 0 Å². The molecular formula is C24H17BO3. The van der Waals surface area contributed by atoms with Gasteiger partial charge in [0.25, 0.3) is 0 Å². The molecule has 4 aromatic carbocycles. The molecule has 1 heterocycles. The monoisotopic (exact) mass is 364 g/mol. The quantitative estimate of drug-likeness (QED) is 0.460. The number of benzene rings is 4. The van der Waals surface area contributed by atoms with Crippen molar-refractivity contribution in [3.8, 4) is 22.3 Å². The first-order chi connectivity index (χ1) is 13.7. The molecule has 5 aromatic rings. The maximum absolute atomic E-state index is 9.43. The molecule has 0 aliphatic rings. The normalized spacial score (nSPS) is 11.2. The van der Waals surface area contributed by atoms with Gasteiger partial charge < -0.3 is 14.5 Å². The van der Waals surface area contributed by atoms with Crippen LogP contribution in [0.3, 0.4) is 0 Å². The van der Waals surface area contributed by atoms with Gasteiger partial charge in [-0.3, -0.25) is 0 Å². The highest BCUT2D eigenvalue weighted by Crippen LogP contribution is 2.33. The highest BCUT2D eigenvalue weighted by Gasteiger charge is 2.12. The molecule has 0 aliphatic heterocycles. The number of hydrogen-bond donors (Lipinski definition) is 2. The second-order valence-electron chi connectivity index (χ2n) is 6.89. The van der Waals surface area contributed by atoms with Gasteiger partial charge >= 0.3 is 7.12 Å². The molecule has 0 unspecified atom stereocenters. The van der Waals surface area contributed by atoms with Gasteiger partial charge in [0.1, 0.15) is 11.2 Å². The summed E-state index contributed by atoms with van der Waals surface area (Å²) in [7, 11) is -1.47. The smallest absolute Gasteiger partial charge is 0.456 e. The lowest BCUT2D eigenvalue weighted by Crippen LogP contribution is -2.29. The molecule has 0 amide bonds. The van der Waals surface area contributed by atoms with Gasteiger partial charge in [-0.25, -0.2) is 0 Å². The average Bonchev–Trinajstić information content (AvgIpc) is 3.12. The van der Waals surface area contributed by atoms with Crippen molar-refractivity contribution >= 4 is 34.5 Å². The van der Waals surface area contributed by atoms with Crippen LogP contribution in [0.1, 0.15) is 0 Å². The second kappa shape index (κ2) is 6.68. The van der Waals surface area contributed by atoms with E-state index in [0.29, 0.717) is 5.46 Å². The minimum Gasteiger partial charge on any atom is -0.456 e.